The van der Waals surface area contributed by atoms with Crippen molar-refractivity contribution in [1.29, 1.82) is 0 Å². The van der Waals surface area contributed by atoms with Crippen LogP contribution in [0.5, 0.6) is 0 Å². The van der Waals surface area contributed by atoms with Crippen LogP contribution in [-0.4, -0.2) is 49.4 Å². The average Bonchev–Trinajstić information content (AvgIpc) is 3.07. The van der Waals surface area contributed by atoms with Gasteiger partial charge in [0.2, 0.25) is 5.91 Å². The summed E-state index contributed by atoms with van der Waals surface area (Å²) in [7, 11) is 0. The Bertz CT molecular complexity index is 1050. The van der Waals surface area contributed by atoms with Crippen LogP contribution in [-0.2, 0) is 11.3 Å². The van der Waals surface area contributed by atoms with Gasteiger partial charge in [-0.25, -0.2) is 13.2 Å². The van der Waals surface area contributed by atoms with Crippen molar-refractivity contribution in [2.45, 2.75) is 32.0 Å². The number of halogens is 3. The van der Waals surface area contributed by atoms with Crippen LogP contribution in [0.1, 0.15) is 18.9 Å². The van der Waals surface area contributed by atoms with E-state index in [-0.39, 0.29) is 25.0 Å². The molecule has 1 amide bonds. The summed E-state index contributed by atoms with van der Waals surface area (Å²) in [6.45, 7) is 2.02. The highest BCUT2D eigenvalue weighted by molar-refractivity contribution is 5.83. The first-order chi connectivity index (χ1) is 13.3. The minimum Gasteiger partial charge on any atom is -0.389 e. The van der Waals surface area contributed by atoms with E-state index in [0.717, 1.165) is 12.1 Å². The summed E-state index contributed by atoms with van der Waals surface area (Å²) >= 11 is 0. The number of hydrogen-bond acceptors (Lipinski definition) is 4. The number of amides is 1. The minimum absolute atomic E-state index is 0.0304. The van der Waals surface area contributed by atoms with Gasteiger partial charge in [-0.05, 0) is 30.7 Å². The molecule has 2 aromatic heterocycles. The number of likely N-dealkylation sites (tertiary alicyclic amines) is 1. The van der Waals surface area contributed by atoms with Crippen molar-refractivity contribution >= 4 is 16.9 Å². The van der Waals surface area contributed by atoms with Gasteiger partial charge in [-0.1, -0.05) is 6.07 Å². The third-order valence-electron chi connectivity index (χ3n) is 5.10. The van der Waals surface area contributed by atoms with Gasteiger partial charge < -0.3 is 10.0 Å². The third-order valence-corrected chi connectivity index (χ3v) is 5.10. The monoisotopic (exact) mass is 390 g/mol. The van der Waals surface area contributed by atoms with Crippen LogP contribution in [0, 0.1) is 5.82 Å². The molecule has 1 aliphatic heterocycles. The smallest absolute Gasteiger partial charge is 0.266 e. The summed E-state index contributed by atoms with van der Waals surface area (Å²) in [5, 5.41) is 13.7. The standard InChI is InChI=1S/C19H17F3N4O2/c1-10-17(27)8-25(10)18(28)9-26-16-5-12(6-23-15(16)7-24-26)11-2-3-14(20)13(4-11)19(21)22/h2-7,10,17,19,27H,8-9H2,1H3. The van der Waals surface area contributed by atoms with Crippen molar-refractivity contribution in [3.05, 3.63) is 48.0 Å². The highest BCUT2D eigenvalue weighted by Crippen LogP contribution is 2.29. The molecule has 0 spiro atoms. The number of rotatable bonds is 4. The van der Waals surface area contributed by atoms with E-state index in [1.807, 2.05) is 0 Å². The summed E-state index contributed by atoms with van der Waals surface area (Å²) in [6, 6.07) is 4.93. The van der Waals surface area contributed by atoms with Crippen LogP contribution in [0.3, 0.4) is 0 Å². The lowest BCUT2D eigenvalue weighted by Crippen LogP contribution is -2.61. The molecule has 1 fully saturated rings. The van der Waals surface area contributed by atoms with Gasteiger partial charge in [0.1, 0.15) is 17.9 Å². The third kappa shape index (κ3) is 3.11. The molecule has 0 aliphatic carbocycles. The molecule has 1 N–H and O–H groups in total. The number of alkyl halides is 2. The van der Waals surface area contributed by atoms with Crippen molar-refractivity contribution in [3.8, 4) is 11.1 Å². The first kappa shape index (κ1) is 18.4. The molecular formula is C19H17F3N4O2. The number of aliphatic hydroxyl groups is 1. The Kier molecular flexibility index (Phi) is 4.54. The lowest BCUT2D eigenvalue weighted by atomic mass is 10.0. The summed E-state index contributed by atoms with van der Waals surface area (Å²) in [5.74, 6) is -1.15. The Morgan fingerprint density at radius 3 is 2.75 bits per heavy atom. The highest BCUT2D eigenvalue weighted by Gasteiger charge is 2.37. The minimum atomic E-state index is -2.92. The van der Waals surface area contributed by atoms with Gasteiger partial charge in [-0.3, -0.25) is 14.5 Å². The van der Waals surface area contributed by atoms with Crippen LogP contribution < -0.4 is 0 Å². The Morgan fingerprint density at radius 2 is 2.07 bits per heavy atom. The van der Waals surface area contributed by atoms with Crippen LogP contribution in [0.2, 0.25) is 0 Å². The van der Waals surface area contributed by atoms with Crippen LogP contribution in [0.4, 0.5) is 13.2 Å². The zero-order valence-corrected chi connectivity index (χ0v) is 14.9. The Morgan fingerprint density at radius 1 is 1.29 bits per heavy atom. The molecule has 1 aliphatic rings. The Hall–Kier alpha value is -2.94. The zero-order valence-electron chi connectivity index (χ0n) is 14.9. The molecule has 1 aromatic carbocycles. The van der Waals surface area contributed by atoms with Crippen molar-refractivity contribution in [2.24, 2.45) is 0 Å². The second-order valence-electron chi connectivity index (χ2n) is 6.82. The second-order valence-corrected chi connectivity index (χ2v) is 6.82. The van der Waals surface area contributed by atoms with Gasteiger partial charge >= 0.3 is 0 Å². The molecule has 0 saturated carbocycles. The van der Waals surface area contributed by atoms with Crippen LogP contribution in [0.15, 0.2) is 36.7 Å². The molecule has 9 heteroatoms. The molecule has 4 rings (SSSR count). The molecule has 2 atom stereocenters. The fourth-order valence-electron chi connectivity index (χ4n) is 3.27. The van der Waals surface area contributed by atoms with Crippen molar-refractivity contribution in [2.75, 3.05) is 6.54 Å². The van der Waals surface area contributed by atoms with Gasteiger partial charge in [0.25, 0.3) is 6.43 Å². The summed E-state index contributed by atoms with van der Waals surface area (Å²) < 4.78 is 41.0. The van der Waals surface area contributed by atoms with Crippen LogP contribution in [0.25, 0.3) is 22.2 Å². The molecule has 3 aromatic rings. The van der Waals surface area contributed by atoms with Crippen LogP contribution >= 0.6 is 0 Å². The maximum absolute atomic E-state index is 13.6. The number of nitrogens with zero attached hydrogens (tertiary/aromatic N) is 4. The summed E-state index contributed by atoms with van der Waals surface area (Å²) in [4.78, 5) is 18.2. The van der Waals surface area contributed by atoms with E-state index in [9.17, 15) is 23.1 Å². The summed E-state index contributed by atoms with van der Waals surface area (Å²) in [6.07, 6.45) is -0.439. The fraction of sp³-hybridized carbons (Fsp3) is 0.316. The van der Waals surface area contributed by atoms with E-state index in [1.165, 1.54) is 23.1 Å². The number of fused-ring (bicyclic) bond motifs is 1. The quantitative estimate of drug-likeness (QED) is 0.744. The number of benzene rings is 1. The summed E-state index contributed by atoms with van der Waals surface area (Å²) in [5.41, 5.74) is 1.33. The van der Waals surface area contributed by atoms with Gasteiger partial charge in [-0.2, -0.15) is 5.10 Å². The largest absolute Gasteiger partial charge is 0.389 e. The maximum atomic E-state index is 13.6. The number of pyridine rings is 1. The molecule has 6 nitrogen and oxygen atoms in total. The van der Waals surface area contributed by atoms with Crippen molar-refractivity contribution in [3.63, 3.8) is 0 Å². The molecule has 0 bridgehead atoms. The molecule has 3 heterocycles. The van der Waals surface area contributed by atoms with Gasteiger partial charge in [-0.15, -0.1) is 0 Å². The van der Waals surface area contributed by atoms with E-state index < -0.39 is 23.9 Å². The molecule has 2 unspecified atom stereocenters. The normalized spacial score (nSPS) is 19.3. The molecular weight excluding hydrogens is 373 g/mol. The second kappa shape index (κ2) is 6.90. The number of carbonyl (C=O) groups excluding carboxylic acids is 1. The lowest BCUT2D eigenvalue weighted by molar-refractivity contribution is -0.149. The van der Waals surface area contributed by atoms with E-state index in [2.05, 4.69) is 10.1 Å². The van der Waals surface area contributed by atoms with E-state index in [4.69, 9.17) is 0 Å². The predicted molar refractivity (Wildman–Crippen MR) is 95.1 cm³/mol. The number of carbonyl (C=O) groups is 1. The molecule has 146 valence electrons. The first-order valence-electron chi connectivity index (χ1n) is 8.72. The van der Waals surface area contributed by atoms with E-state index in [0.29, 0.717) is 22.2 Å². The van der Waals surface area contributed by atoms with Gasteiger partial charge in [0.05, 0.1) is 29.4 Å². The zero-order chi connectivity index (χ0) is 20.0. The number of aromatic nitrogens is 3. The van der Waals surface area contributed by atoms with Crippen molar-refractivity contribution < 1.29 is 23.1 Å². The number of aliphatic hydroxyl groups excluding tert-OH is 1. The molecule has 28 heavy (non-hydrogen) atoms. The first-order valence-corrected chi connectivity index (χ1v) is 8.72. The predicted octanol–water partition coefficient (Wildman–Crippen LogP) is 2.77. The van der Waals surface area contributed by atoms with Crippen molar-refractivity contribution in [1.82, 2.24) is 19.7 Å². The Labute approximate surface area is 158 Å². The maximum Gasteiger partial charge on any atom is 0.266 e. The molecule has 1 saturated heterocycles. The lowest BCUT2D eigenvalue weighted by Gasteiger charge is -2.43. The number of β-amino-alcohol motifs (C(OH)–C–C–N with tert-alkyl or cyclic N) is 1. The SMILES string of the molecule is CC1C(O)CN1C(=O)Cn1ncc2ncc(-c3ccc(F)c(C(F)F)c3)cc21. The highest BCUT2D eigenvalue weighted by atomic mass is 19.3. The topological polar surface area (TPSA) is 71.2 Å². The van der Waals surface area contributed by atoms with Gasteiger partial charge in [0, 0.05) is 18.3 Å². The molecule has 0 radical (unpaired) electrons. The van der Waals surface area contributed by atoms with E-state index >= 15 is 0 Å². The van der Waals surface area contributed by atoms with E-state index in [1.54, 1.807) is 17.9 Å². The van der Waals surface area contributed by atoms with Gasteiger partial charge in [0.15, 0.2) is 0 Å². The number of hydrogen-bond donors (Lipinski definition) is 1. The Balaban J connectivity index is 1.65. The fourth-order valence-corrected chi connectivity index (χ4v) is 3.27. The average molecular weight is 390 g/mol.